The molecule has 118 valence electrons. The van der Waals surface area contributed by atoms with Crippen molar-refractivity contribution < 1.29 is 14.7 Å². The Labute approximate surface area is 125 Å². The Morgan fingerprint density at radius 2 is 1.76 bits per heavy atom. The molecule has 5 heteroatoms. The van der Waals surface area contributed by atoms with Gasteiger partial charge in [-0.05, 0) is 62.7 Å². The number of fused-ring (bicyclic) bond motifs is 2. The highest BCUT2D eigenvalue weighted by Gasteiger charge is 2.40. The lowest BCUT2D eigenvalue weighted by molar-refractivity contribution is -0.143. The quantitative estimate of drug-likeness (QED) is 0.745. The predicted molar refractivity (Wildman–Crippen MR) is 78.9 cm³/mol. The standard InChI is InChI=1S/C16H26N2O3/c19-15(20)12-4-1-10(2-5-12)9-17-16(21)18-14-8-11-3-6-13(14)7-11/h10-14H,1-9H2,(H,19,20)(H2,17,18,21). The molecular weight excluding hydrogens is 268 g/mol. The van der Waals surface area contributed by atoms with Crippen molar-refractivity contribution in [2.75, 3.05) is 6.54 Å². The maximum absolute atomic E-state index is 12.0. The maximum Gasteiger partial charge on any atom is 0.315 e. The topological polar surface area (TPSA) is 78.4 Å². The fourth-order valence-corrected chi connectivity index (χ4v) is 4.49. The number of urea groups is 1. The average molecular weight is 294 g/mol. The van der Waals surface area contributed by atoms with Crippen LogP contribution >= 0.6 is 0 Å². The molecule has 3 aliphatic rings. The summed E-state index contributed by atoms with van der Waals surface area (Å²) in [7, 11) is 0. The van der Waals surface area contributed by atoms with Gasteiger partial charge in [-0.15, -0.1) is 0 Å². The van der Waals surface area contributed by atoms with Gasteiger partial charge in [0.15, 0.2) is 0 Å². The number of hydrogen-bond acceptors (Lipinski definition) is 2. The summed E-state index contributed by atoms with van der Waals surface area (Å²) in [6, 6.07) is 0.347. The summed E-state index contributed by atoms with van der Waals surface area (Å²) >= 11 is 0. The van der Waals surface area contributed by atoms with Gasteiger partial charge in [-0.3, -0.25) is 4.79 Å². The highest BCUT2D eigenvalue weighted by molar-refractivity contribution is 5.74. The van der Waals surface area contributed by atoms with Crippen LogP contribution in [0.15, 0.2) is 0 Å². The van der Waals surface area contributed by atoms with E-state index in [0.29, 0.717) is 24.4 Å². The number of carboxylic acid groups (broad SMARTS) is 1. The summed E-state index contributed by atoms with van der Waals surface area (Å²) in [5.74, 6) is 1.13. The smallest absolute Gasteiger partial charge is 0.315 e. The molecule has 0 radical (unpaired) electrons. The summed E-state index contributed by atoms with van der Waals surface area (Å²) in [4.78, 5) is 22.9. The number of hydrogen-bond donors (Lipinski definition) is 3. The van der Waals surface area contributed by atoms with Crippen LogP contribution in [-0.2, 0) is 4.79 Å². The molecule has 0 heterocycles. The lowest BCUT2D eigenvalue weighted by Gasteiger charge is -2.27. The molecular formula is C16H26N2O3. The first kappa shape index (κ1) is 14.7. The van der Waals surface area contributed by atoms with Crippen LogP contribution in [0.2, 0.25) is 0 Å². The molecule has 0 aliphatic heterocycles. The molecule has 3 aliphatic carbocycles. The van der Waals surface area contributed by atoms with E-state index >= 15 is 0 Å². The fraction of sp³-hybridized carbons (Fsp3) is 0.875. The van der Waals surface area contributed by atoms with Gasteiger partial charge < -0.3 is 15.7 Å². The van der Waals surface area contributed by atoms with Crippen molar-refractivity contribution in [3.05, 3.63) is 0 Å². The van der Waals surface area contributed by atoms with Gasteiger partial charge in [0, 0.05) is 12.6 Å². The number of carboxylic acids is 1. The molecule has 5 nitrogen and oxygen atoms in total. The molecule has 0 aromatic carbocycles. The number of carbonyl (C=O) groups excluding carboxylic acids is 1. The Kier molecular flexibility index (Phi) is 4.36. The summed E-state index contributed by atoms with van der Waals surface area (Å²) in [6.45, 7) is 0.680. The Morgan fingerprint density at radius 1 is 1.00 bits per heavy atom. The van der Waals surface area contributed by atoms with Crippen molar-refractivity contribution in [2.24, 2.45) is 23.7 Å². The van der Waals surface area contributed by atoms with Crippen molar-refractivity contribution in [2.45, 2.75) is 57.4 Å². The number of aliphatic carboxylic acids is 1. The van der Waals surface area contributed by atoms with Gasteiger partial charge in [0.1, 0.15) is 0 Å². The van der Waals surface area contributed by atoms with E-state index in [1.54, 1.807) is 0 Å². The van der Waals surface area contributed by atoms with E-state index in [4.69, 9.17) is 5.11 Å². The minimum absolute atomic E-state index is 0.0343. The van der Waals surface area contributed by atoms with E-state index in [2.05, 4.69) is 10.6 Å². The number of rotatable bonds is 4. The van der Waals surface area contributed by atoms with Crippen LogP contribution in [0.4, 0.5) is 4.79 Å². The first-order valence-electron chi connectivity index (χ1n) is 8.39. The largest absolute Gasteiger partial charge is 0.481 e. The van der Waals surface area contributed by atoms with Gasteiger partial charge in [0.05, 0.1) is 5.92 Å². The molecule has 3 rings (SSSR count). The molecule has 3 atom stereocenters. The number of nitrogens with one attached hydrogen (secondary N) is 2. The van der Waals surface area contributed by atoms with Crippen LogP contribution in [0, 0.1) is 23.7 Å². The molecule has 21 heavy (non-hydrogen) atoms. The summed E-state index contributed by atoms with van der Waals surface area (Å²) in [5.41, 5.74) is 0. The number of carbonyl (C=O) groups is 2. The van der Waals surface area contributed by atoms with Gasteiger partial charge in [-0.25, -0.2) is 4.79 Å². The van der Waals surface area contributed by atoms with E-state index in [0.717, 1.165) is 38.0 Å². The van der Waals surface area contributed by atoms with Crippen LogP contribution in [0.3, 0.4) is 0 Å². The van der Waals surface area contributed by atoms with Gasteiger partial charge in [-0.1, -0.05) is 6.42 Å². The second-order valence-electron chi connectivity index (χ2n) is 7.19. The van der Waals surface area contributed by atoms with Crippen molar-refractivity contribution >= 4 is 12.0 Å². The molecule has 0 aromatic rings. The van der Waals surface area contributed by atoms with E-state index in [-0.39, 0.29) is 11.9 Å². The van der Waals surface area contributed by atoms with Crippen LogP contribution in [-0.4, -0.2) is 29.7 Å². The zero-order valence-corrected chi connectivity index (χ0v) is 12.5. The lowest BCUT2D eigenvalue weighted by Crippen LogP contribution is -2.45. The molecule has 3 fully saturated rings. The van der Waals surface area contributed by atoms with Gasteiger partial charge in [0.25, 0.3) is 0 Å². The normalized spacial score (nSPS) is 38.2. The Morgan fingerprint density at radius 3 is 2.33 bits per heavy atom. The zero-order valence-electron chi connectivity index (χ0n) is 12.5. The van der Waals surface area contributed by atoms with E-state index in [1.807, 2.05) is 0 Å². The predicted octanol–water partition coefficient (Wildman–Crippen LogP) is 2.37. The van der Waals surface area contributed by atoms with Crippen molar-refractivity contribution in [3.8, 4) is 0 Å². The van der Waals surface area contributed by atoms with E-state index < -0.39 is 5.97 Å². The maximum atomic E-state index is 12.0. The highest BCUT2D eigenvalue weighted by Crippen LogP contribution is 2.44. The van der Waals surface area contributed by atoms with Gasteiger partial charge >= 0.3 is 12.0 Å². The minimum atomic E-state index is -0.671. The number of amides is 2. The first-order chi connectivity index (χ1) is 10.1. The average Bonchev–Trinajstić information content (AvgIpc) is 3.08. The van der Waals surface area contributed by atoms with Crippen LogP contribution in [0.5, 0.6) is 0 Å². The van der Waals surface area contributed by atoms with Crippen LogP contribution in [0.25, 0.3) is 0 Å². The third-order valence-corrected chi connectivity index (χ3v) is 5.80. The Bertz CT molecular complexity index is 404. The fourth-order valence-electron chi connectivity index (χ4n) is 4.49. The second-order valence-corrected chi connectivity index (χ2v) is 7.19. The molecule has 3 N–H and O–H groups in total. The molecule has 3 saturated carbocycles. The Balaban J connectivity index is 1.34. The van der Waals surface area contributed by atoms with E-state index in [1.165, 1.54) is 19.3 Å². The monoisotopic (exact) mass is 294 g/mol. The molecule has 0 spiro atoms. The Hall–Kier alpha value is -1.26. The minimum Gasteiger partial charge on any atom is -0.481 e. The molecule has 0 saturated heterocycles. The van der Waals surface area contributed by atoms with E-state index in [9.17, 15) is 9.59 Å². The lowest BCUT2D eigenvalue weighted by atomic mass is 9.82. The molecule has 2 amide bonds. The van der Waals surface area contributed by atoms with Crippen molar-refractivity contribution in [3.63, 3.8) is 0 Å². The van der Waals surface area contributed by atoms with Crippen molar-refractivity contribution in [1.82, 2.24) is 10.6 Å². The van der Waals surface area contributed by atoms with Gasteiger partial charge in [0.2, 0.25) is 0 Å². The SMILES string of the molecule is O=C(NCC1CCC(C(=O)O)CC1)NC1CC2CCC1C2. The summed E-state index contributed by atoms with van der Waals surface area (Å²) in [5, 5.41) is 15.1. The van der Waals surface area contributed by atoms with Crippen LogP contribution < -0.4 is 10.6 Å². The zero-order chi connectivity index (χ0) is 14.8. The molecule has 2 bridgehead atoms. The highest BCUT2D eigenvalue weighted by atomic mass is 16.4. The third kappa shape index (κ3) is 3.50. The summed E-state index contributed by atoms with van der Waals surface area (Å²) < 4.78 is 0. The van der Waals surface area contributed by atoms with Gasteiger partial charge in [-0.2, -0.15) is 0 Å². The van der Waals surface area contributed by atoms with Crippen LogP contribution in [0.1, 0.15) is 51.4 Å². The third-order valence-electron chi connectivity index (χ3n) is 5.80. The summed E-state index contributed by atoms with van der Waals surface area (Å²) in [6.07, 6.45) is 8.38. The first-order valence-corrected chi connectivity index (χ1v) is 8.39. The second kappa shape index (κ2) is 6.24. The van der Waals surface area contributed by atoms with Crippen molar-refractivity contribution in [1.29, 1.82) is 0 Å². The molecule has 0 aromatic heterocycles. The molecule has 3 unspecified atom stereocenters.